The predicted molar refractivity (Wildman–Crippen MR) is 80.0 cm³/mol. The molecular formula is C16H25NO3. The monoisotopic (exact) mass is 279 g/mol. The quantitative estimate of drug-likeness (QED) is 0.779. The Morgan fingerprint density at radius 1 is 1.35 bits per heavy atom. The van der Waals surface area contributed by atoms with Gasteiger partial charge in [-0.3, -0.25) is 5.32 Å². The normalized spacial score (nSPS) is 13.7. The summed E-state index contributed by atoms with van der Waals surface area (Å²) < 4.78 is 10.4. The molecule has 2 atom stereocenters. The van der Waals surface area contributed by atoms with Crippen molar-refractivity contribution >= 4 is 5.97 Å². The molecular weight excluding hydrogens is 254 g/mol. The molecule has 0 heterocycles. The Bertz CT molecular complexity index is 445. The van der Waals surface area contributed by atoms with Crippen LogP contribution in [0.1, 0.15) is 44.4 Å². The summed E-state index contributed by atoms with van der Waals surface area (Å²) in [7, 11) is 1.64. The van der Waals surface area contributed by atoms with Gasteiger partial charge in [-0.25, -0.2) is 4.79 Å². The number of esters is 1. The molecule has 0 aromatic heterocycles. The Labute approximate surface area is 121 Å². The molecule has 0 spiro atoms. The first-order valence-electron chi connectivity index (χ1n) is 7.10. The summed E-state index contributed by atoms with van der Waals surface area (Å²) in [6, 6.07) is 5.56. The van der Waals surface area contributed by atoms with Gasteiger partial charge < -0.3 is 9.47 Å². The van der Waals surface area contributed by atoms with E-state index in [-0.39, 0.29) is 12.0 Å². The molecule has 0 saturated carbocycles. The van der Waals surface area contributed by atoms with E-state index in [2.05, 4.69) is 19.2 Å². The number of aryl methyl sites for hydroxylation is 1. The topological polar surface area (TPSA) is 47.6 Å². The lowest BCUT2D eigenvalue weighted by atomic mass is 10.0. The zero-order valence-corrected chi connectivity index (χ0v) is 13.0. The molecule has 1 N–H and O–H groups in total. The van der Waals surface area contributed by atoms with E-state index in [0.717, 1.165) is 23.3 Å². The molecule has 0 fully saturated rings. The maximum absolute atomic E-state index is 12.1. The second kappa shape index (κ2) is 7.90. The van der Waals surface area contributed by atoms with Crippen LogP contribution in [0.3, 0.4) is 0 Å². The van der Waals surface area contributed by atoms with Crippen LogP contribution in [-0.4, -0.2) is 25.7 Å². The van der Waals surface area contributed by atoms with Gasteiger partial charge in [-0.05, 0) is 44.4 Å². The molecule has 0 aliphatic rings. The van der Waals surface area contributed by atoms with E-state index in [1.807, 2.05) is 32.0 Å². The molecule has 112 valence electrons. The van der Waals surface area contributed by atoms with Gasteiger partial charge in [-0.15, -0.1) is 0 Å². The first-order chi connectivity index (χ1) is 9.53. The second-order valence-corrected chi connectivity index (χ2v) is 4.89. The molecule has 4 heteroatoms. The van der Waals surface area contributed by atoms with Crippen molar-refractivity contribution in [3.63, 3.8) is 0 Å². The second-order valence-electron chi connectivity index (χ2n) is 4.89. The predicted octanol–water partition coefficient (Wildman–Crippen LogP) is 3.00. The Balaban J connectivity index is 3.02. The van der Waals surface area contributed by atoms with Crippen LogP contribution in [0.2, 0.25) is 0 Å². The SMILES string of the molecule is CCOC(=O)C(NC(C)CC)c1ccc(OC)c(C)c1. The van der Waals surface area contributed by atoms with Gasteiger partial charge in [0.1, 0.15) is 11.8 Å². The first-order valence-corrected chi connectivity index (χ1v) is 7.10. The van der Waals surface area contributed by atoms with Gasteiger partial charge >= 0.3 is 5.97 Å². The first kappa shape index (κ1) is 16.5. The van der Waals surface area contributed by atoms with Crippen LogP contribution in [0.25, 0.3) is 0 Å². The lowest BCUT2D eigenvalue weighted by molar-refractivity contribution is -0.146. The van der Waals surface area contributed by atoms with Crippen molar-refractivity contribution in [3.05, 3.63) is 29.3 Å². The number of nitrogens with one attached hydrogen (secondary N) is 1. The van der Waals surface area contributed by atoms with Gasteiger partial charge in [0.2, 0.25) is 0 Å². The van der Waals surface area contributed by atoms with Crippen LogP contribution >= 0.6 is 0 Å². The smallest absolute Gasteiger partial charge is 0.327 e. The number of methoxy groups -OCH3 is 1. The van der Waals surface area contributed by atoms with Crippen LogP contribution in [0.5, 0.6) is 5.75 Å². The number of hydrogen-bond donors (Lipinski definition) is 1. The van der Waals surface area contributed by atoms with Crippen molar-refractivity contribution in [1.29, 1.82) is 0 Å². The molecule has 1 aromatic rings. The highest BCUT2D eigenvalue weighted by atomic mass is 16.5. The highest BCUT2D eigenvalue weighted by molar-refractivity contribution is 5.78. The summed E-state index contributed by atoms with van der Waals surface area (Å²) in [6.07, 6.45) is 0.949. The Hall–Kier alpha value is -1.55. The maximum atomic E-state index is 12.1. The lowest BCUT2D eigenvalue weighted by Gasteiger charge is -2.22. The van der Waals surface area contributed by atoms with Gasteiger partial charge in [0, 0.05) is 6.04 Å². The van der Waals surface area contributed by atoms with Gasteiger partial charge in [0.05, 0.1) is 13.7 Å². The fraction of sp³-hybridized carbons (Fsp3) is 0.562. The van der Waals surface area contributed by atoms with Crippen molar-refractivity contribution in [2.75, 3.05) is 13.7 Å². The molecule has 0 bridgehead atoms. The summed E-state index contributed by atoms with van der Waals surface area (Å²) >= 11 is 0. The van der Waals surface area contributed by atoms with Crippen LogP contribution in [0, 0.1) is 6.92 Å². The summed E-state index contributed by atoms with van der Waals surface area (Å²) in [5.41, 5.74) is 1.91. The fourth-order valence-electron chi connectivity index (χ4n) is 2.01. The molecule has 0 aliphatic heterocycles. The van der Waals surface area contributed by atoms with Crippen molar-refractivity contribution in [2.45, 2.75) is 46.2 Å². The third kappa shape index (κ3) is 4.23. The molecule has 1 aromatic carbocycles. The van der Waals surface area contributed by atoms with Gasteiger partial charge in [0.25, 0.3) is 0 Å². The van der Waals surface area contributed by atoms with E-state index >= 15 is 0 Å². The number of carbonyl (C=O) groups excluding carboxylic acids is 1. The molecule has 4 nitrogen and oxygen atoms in total. The van der Waals surface area contributed by atoms with E-state index in [9.17, 15) is 4.79 Å². The largest absolute Gasteiger partial charge is 0.496 e. The fourth-order valence-corrected chi connectivity index (χ4v) is 2.01. The minimum atomic E-state index is -0.436. The third-order valence-electron chi connectivity index (χ3n) is 3.34. The number of rotatable bonds is 7. The molecule has 20 heavy (non-hydrogen) atoms. The van der Waals surface area contributed by atoms with Gasteiger partial charge in [-0.1, -0.05) is 19.1 Å². The number of benzene rings is 1. The Morgan fingerprint density at radius 3 is 2.55 bits per heavy atom. The number of carbonyl (C=O) groups is 1. The van der Waals surface area contributed by atoms with Gasteiger partial charge in [-0.2, -0.15) is 0 Å². The average Bonchev–Trinajstić information content (AvgIpc) is 2.44. The Morgan fingerprint density at radius 2 is 2.05 bits per heavy atom. The standard InChI is InChI=1S/C16H25NO3/c1-6-12(4)17-15(16(18)20-7-2)13-8-9-14(19-5)11(3)10-13/h8-10,12,15,17H,6-7H2,1-5H3. The van der Waals surface area contributed by atoms with Crippen molar-refractivity contribution < 1.29 is 14.3 Å². The van der Waals surface area contributed by atoms with Crippen LogP contribution < -0.4 is 10.1 Å². The van der Waals surface area contributed by atoms with Crippen molar-refractivity contribution in [3.8, 4) is 5.75 Å². The zero-order valence-electron chi connectivity index (χ0n) is 13.0. The number of hydrogen-bond acceptors (Lipinski definition) is 4. The van der Waals surface area contributed by atoms with E-state index in [0.29, 0.717) is 6.61 Å². The summed E-state index contributed by atoms with van der Waals surface area (Å²) in [5.74, 6) is 0.581. The van der Waals surface area contributed by atoms with Crippen LogP contribution in [0.15, 0.2) is 18.2 Å². The minimum Gasteiger partial charge on any atom is -0.496 e. The van der Waals surface area contributed by atoms with E-state index in [1.54, 1.807) is 7.11 Å². The van der Waals surface area contributed by atoms with E-state index < -0.39 is 6.04 Å². The summed E-state index contributed by atoms with van der Waals surface area (Å²) in [4.78, 5) is 12.1. The molecule has 0 amide bonds. The molecule has 0 saturated heterocycles. The highest BCUT2D eigenvalue weighted by Gasteiger charge is 2.23. The third-order valence-corrected chi connectivity index (χ3v) is 3.34. The Kier molecular flexibility index (Phi) is 6.52. The van der Waals surface area contributed by atoms with Crippen LogP contribution in [-0.2, 0) is 9.53 Å². The van der Waals surface area contributed by atoms with Crippen molar-refractivity contribution in [1.82, 2.24) is 5.32 Å². The number of ether oxygens (including phenoxy) is 2. The van der Waals surface area contributed by atoms with Crippen LogP contribution in [0.4, 0.5) is 0 Å². The molecule has 1 rings (SSSR count). The molecule has 2 unspecified atom stereocenters. The maximum Gasteiger partial charge on any atom is 0.327 e. The average molecular weight is 279 g/mol. The molecule has 0 radical (unpaired) electrons. The van der Waals surface area contributed by atoms with E-state index in [1.165, 1.54) is 0 Å². The zero-order chi connectivity index (χ0) is 15.1. The minimum absolute atomic E-state index is 0.239. The molecule has 0 aliphatic carbocycles. The summed E-state index contributed by atoms with van der Waals surface area (Å²) in [6.45, 7) is 8.31. The lowest BCUT2D eigenvalue weighted by Crippen LogP contribution is -2.36. The van der Waals surface area contributed by atoms with Crippen molar-refractivity contribution in [2.24, 2.45) is 0 Å². The highest BCUT2D eigenvalue weighted by Crippen LogP contribution is 2.24. The van der Waals surface area contributed by atoms with Gasteiger partial charge in [0.15, 0.2) is 0 Å². The van der Waals surface area contributed by atoms with E-state index in [4.69, 9.17) is 9.47 Å². The summed E-state index contributed by atoms with van der Waals surface area (Å²) in [5, 5.41) is 3.32.